The largest absolute Gasteiger partial charge is 0.396 e. The first kappa shape index (κ1) is 32.3. The van der Waals surface area contributed by atoms with Gasteiger partial charge >= 0.3 is 0 Å². The first-order chi connectivity index (χ1) is 18.7. The minimum absolute atomic E-state index is 0.0200. The Kier molecular flexibility index (Phi) is 14.0. The van der Waals surface area contributed by atoms with Crippen LogP contribution in [0.15, 0.2) is 93.7 Å². The van der Waals surface area contributed by atoms with Crippen LogP contribution in [0.1, 0.15) is 50.5 Å². The van der Waals surface area contributed by atoms with Crippen molar-refractivity contribution in [1.82, 2.24) is 20.0 Å². The number of benzene rings is 1. The van der Waals surface area contributed by atoms with Gasteiger partial charge in [0.25, 0.3) is 0 Å². The van der Waals surface area contributed by atoms with E-state index in [1.807, 2.05) is 75.0 Å². The van der Waals surface area contributed by atoms with Gasteiger partial charge in [0.15, 0.2) is 0 Å². The monoisotopic (exact) mass is 615 g/mol. The van der Waals surface area contributed by atoms with Crippen LogP contribution < -0.4 is 5.32 Å². The molecular weight excluding hydrogens is 578 g/mol. The van der Waals surface area contributed by atoms with Crippen molar-refractivity contribution < 1.29 is 9.63 Å². The number of hydrogen-bond acceptors (Lipinski definition) is 5. The zero-order valence-corrected chi connectivity index (χ0v) is 25.6. The summed E-state index contributed by atoms with van der Waals surface area (Å²) in [6.07, 6.45) is 8.84. The quantitative estimate of drug-likeness (QED) is 0.0962. The van der Waals surface area contributed by atoms with E-state index in [-0.39, 0.29) is 18.5 Å². The predicted molar refractivity (Wildman–Crippen MR) is 165 cm³/mol. The van der Waals surface area contributed by atoms with Crippen LogP contribution in [0.5, 0.6) is 0 Å². The molecule has 0 spiro atoms. The fourth-order valence-corrected chi connectivity index (χ4v) is 4.22. The summed E-state index contributed by atoms with van der Waals surface area (Å²) in [5.74, 6) is -0.0200. The van der Waals surface area contributed by atoms with Crippen LogP contribution in [-0.2, 0) is 9.63 Å². The topological polar surface area (TPSA) is 71.8 Å². The normalized spacial score (nSPS) is 13.2. The summed E-state index contributed by atoms with van der Waals surface area (Å²) >= 11 is 9.91. The van der Waals surface area contributed by atoms with Gasteiger partial charge in [-0.3, -0.25) is 10.1 Å². The summed E-state index contributed by atoms with van der Waals surface area (Å²) in [7, 11) is 1.81. The molecule has 0 fully saturated rings. The lowest BCUT2D eigenvalue weighted by Gasteiger charge is -2.21. The minimum atomic E-state index is -0.219. The van der Waals surface area contributed by atoms with Crippen molar-refractivity contribution in [3.8, 4) is 0 Å². The second-order valence-electron chi connectivity index (χ2n) is 8.85. The molecule has 1 N–H and O–H groups in total. The van der Waals surface area contributed by atoms with Crippen LogP contribution in [0.25, 0.3) is 0 Å². The maximum absolute atomic E-state index is 12.9. The highest BCUT2D eigenvalue weighted by Gasteiger charge is 2.16. The number of amides is 1. The average molecular weight is 617 g/mol. The molecule has 1 heterocycles. The number of carbonyl (C=O) groups is 1. The number of nitrogens with one attached hydrogen (secondary N) is 1. The standard InChI is InChI=1S/C30H39BrClN5O2/c1-7-25(27(32)8-2)22(4)16-17-29(37-23(5)26(31)21-34-37)33-18-13-19-36(6)30(38)20-28(35-39-9-3)24-14-11-10-12-15-24/h7,10-12,14-17,21,29,33H,1,4,8-9,13,18-20H2,2-3,5-6H3/b17-16?,27-25-,35-28+. The number of aromatic nitrogens is 2. The summed E-state index contributed by atoms with van der Waals surface area (Å²) in [6, 6.07) is 9.63. The molecule has 7 nitrogen and oxygen atoms in total. The number of rotatable bonds is 16. The third kappa shape index (κ3) is 9.95. The summed E-state index contributed by atoms with van der Waals surface area (Å²) in [5, 5.41) is 12.9. The number of oxime groups is 1. The molecule has 0 aliphatic carbocycles. The van der Waals surface area contributed by atoms with E-state index in [4.69, 9.17) is 16.4 Å². The van der Waals surface area contributed by atoms with Crippen molar-refractivity contribution in [2.75, 3.05) is 26.7 Å². The molecule has 0 bridgehead atoms. The van der Waals surface area contributed by atoms with Crippen molar-refractivity contribution >= 4 is 39.1 Å². The SMILES string of the molecule is C=C/C(C(=C)C=CC(NCCCN(C)C(=O)C/C(=N\OCC)c1ccccc1)n1ncc(Br)c1C)=C(/Cl)CC. The molecule has 0 aliphatic rings. The zero-order chi connectivity index (χ0) is 28.8. The molecule has 1 aromatic heterocycles. The lowest BCUT2D eigenvalue weighted by molar-refractivity contribution is -0.128. The van der Waals surface area contributed by atoms with E-state index in [1.165, 1.54) is 0 Å². The Labute approximate surface area is 246 Å². The van der Waals surface area contributed by atoms with E-state index in [9.17, 15) is 4.79 Å². The second-order valence-corrected chi connectivity index (χ2v) is 10.2. The smallest absolute Gasteiger partial charge is 0.228 e. The average Bonchev–Trinajstić information content (AvgIpc) is 3.28. The van der Waals surface area contributed by atoms with E-state index in [1.54, 1.807) is 17.2 Å². The minimum Gasteiger partial charge on any atom is -0.396 e. The van der Waals surface area contributed by atoms with Gasteiger partial charge in [-0.15, -0.1) is 0 Å². The number of carbonyl (C=O) groups excluding carboxylic acids is 1. The van der Waals surface area contributed by atoms with E-state index in [0.29, 0.717) is 31.8 Å². The molecule has 39 heavy (non-hydrogen) atoms. The van der Waals surface area contributed by atoms with Gasteiger partial charge in [0, 0.05) is 18.6 Å². The van der Waals surface area contributed by atoms with Gasteiger partial charge in [0.1, 0.15) is 12.8 Å². The molecule has 0 aliphatic heterocycles. The number of halogens is 2. The van der Waals surface area contributed by atoms with Crippen LogP contribution in [-0.4, -0.2) is 53.0 Å². The van der Waals surface area contributed by atoms with Gasteiger partial charge in [0.05, 0.1) is 28.5 Å². The van der Waals surface area contributed by atoms with Crippen molar-refractivity contribution in [2.24, 2.45) is 5.16 Å². The van der Waals surface area contributed by atoms with Gasteiger partial charge in [0.2, 0.25) is 5.91 Å². The molecule has 210 valence electrons. The van der Waals surface area contributed by atoms with E-state index in [2.05, 4.69) is 44.7 Å². The fraction of sp³-hybridized carbons (Fsp3) is 0.367. The van der Waals surface area contributed by atoms with Crippen LogP contribution in [0, 0.1) is 6.92 Å². The lowest BCUT2D eigenvalue weighted by atomic mass is 10.1. The maximum Gasteiger partial charge on any atom is 0.228 e. The van der Waals surface area contributed by atoms with Gasteiger partial charge in [-0.1, -0.05) is 79.3 Å². The summed E-state index contributed by atoms with van der Waals surface area (Å²) in [5.41, 5.74) is 4.09. The molecule has 0 radical (unpaired) electrons. The molecule has 1 unspecified atom stereocenters. The van der Waals surface area contributed by atoms with Crippen LogP contribution in [0.4, 0.5) is 0 Å². The third-order valence-electron chi connectivity index (χ3n) is 6.06. The van der Waals surface area contributed by atoms with Crippen molar-refractivity contribution in [2.45, 2.75) is 46.2 Å². The van der Waals surface area contributed by atoms with Gasteiger partial charge in [-0.05, 0) is 71.9 Å². The lowest BCUT2D eigenvalue weighted by Crippen LogP contribution is -2.33. The highest BCUT2D eigenvalue weighted by molar-refractivity contribution is 9.10. The van der Waals surface area contributed by atoms with Gasteiger partial charge < -0.3 is 9.74 Å². The predicted octanol–water partition coefficient (Wildman–Crippen LogP) is 6.92. The molecule has 2 rings (SSSR count). The summed E-state index contributed by atoms with van der Waals surface area (Å²) in [6.45, 7) is 15.6. The Morgan fingerprint density at radius 3 is 2.64 bits per heavy atom. The maximum atomic E-state index is 12.9. The fourth-order valence-electron chi connectivity index (χ4n) is 3.75. The van der Waals surface area contributed by atoms with E-state index in [0.717, 1.165) is 38.3 Å². The number of hydrogen-bond donors (Lipinski definition) is 1. The highest BCUT2D eigenvalue weighted by atomic mass is 79.9. The van der Waals surface area contributed by atoms with Crippen molar-refractivity contribution in [1.29, 1.82) is 0 Å². The number of allylic oxidation sites excluding steroid dienone is 5. The molecule has 1 amide bonds. The Morgan fingerprint density at radius 2 is 2.05 bits per heavy atom. The van der Waals surface area contributed by atoms with Crippen LogP contribution in [0.2, 0.25) is 0 Å². The van der Waals surface area contributed by atoms with E-state index < -0.39 is 0 Å². The molecular formula is C30H39BrClN5O2. The molecule has 9 heteroatoms. The number of nitrogens with zero attached hydrogens (tertiary/aromatic N) is 4. The molecule has 1 aromatic carbocycles. The molecule has 2 aromatic rings. The Hall–Kier alpha value is -2.94. The Bertz CT molecular complexity index is 1200. The summed E-state index contributed by atoms with van der Waals surface area (Å²) < 4.78 is 2.83. The van der Waals surface area contributed by atoms with Gasteiger partial charge in [-0.25, -0.2) is 4.68 Å². The van der Waals surface area contributed by atoms with E-state index >= 15 is 0 Å². The molecule has 0 saturated carbocycles. The Morgan fingerprint density at radius 1 is 1.33 bits per heavy atom. The zero-order valence-electron chi connectivity index (χ0n) is 23.3. The second kappa shape index (κ2) is 16.9. The molecule has 0 saturated heterocycles. The van der Waals surface area contributed by atoms with Crippen LogP contribution >= 0.6 is 27.5 Å². The Balaban J connectivity index is 2.03. The third-order valence-corrected chi connectivity index (χ3v) is 7.31. The van der Waals surface area contributed by atoms with Crippen molar-refractivity contribution in [3.05, 3.63) is 99.8 Å². The van der Waals surface area contributed by atoms with Crippen LogP contribution in [0.3, 0.4) is 0 Å². The first-order valence-corrected chi connectivity index (χ1v) is 14.2. The van der Waals surface area contributed by atoms with Gasteiger partial charge in [-0.2, -0.15) is 5.10 Å². The highest BCUT2D eigenvalue weighted by Crippen LogP contribution is 2.23. The first-order valence-electron chi connectivity index (χ1n) is 13.0. The summed E-state index contributed by atoms with van der Waals surface area (Å²) in [4.78, 5) is 19.9. The molecule has 1 atom stereocenters. The van der Waals surface area contributed by atoms with Crippen molar-refractivity contribution in [3.63, 3.8) is 0 Å².